The molecule has 1 aliphatic heterocycles. The number of methoxy groups -OCH3 is 1. The van der Waals surface area contributed by atoms with Crippen LogP contribution in [-0.4, -0.2) is 30.3 Å². The van der Waals surface area contributed by atoms with Gasteiger partial charge in [0, 0.05) is 0 Å². The molecule has 0 aliphatic carbocycles. The van der Waals surface area contributed by atoms with Gasteiger partial charge in [-0.1, -0.05) is 12.1 Å². The van der Waals surface area contributed by atoms with Crippen molar-refractivity contribution < 1.29 is 24.4 Å². The standard InChI is InChI=1S/C17H25N2O5/c1-11(15(20)23-6)24-13-10-8-7-9-12(13)14-18(21)16(2,3)17(4,5)19(14)22/h7-11,18-19H,1-6H3/t11-/m1/s1. The van der Waals surface area contributed by atoms with Crippen LogP contribution in [-0.2, 0) is 9.53 Å². The number of hydroxylamine groups is 4. The van der Waals surface area contributed by atoms with Crippen LogP contribution in [0.25, 0.3) is 0 Å². The molecule has 1 aromatic carbocycles. The van der Waals surface area contributed by atoms with E-state index in [9.17, 15) is 15.2 Å². The summed E-state index contributed by atoms with van der Waals surface area (Å²) >= 11 is 0. The summed E-state index contributed by atoms with van der Waals surface area (Å²) in [5, 5.41) is 25.3. The lowest BCUT2D eigenvalue weighted by atomic mass is 9.84. The van der Waals surface area contributed by atoms with Gasteiger partial charge in [-0.3, -0.25) is 10.1 Å². The Hall–Kier alpha value is -1.67. The molecule has 0 bridgehead atoms. The number of nitrogens with one attached hydrogen (secondary N) is 2. The Balaban J connectivity index is 2.42. The molecule has 0 saturated carbocycles. The Morgan fingerprint density at radius 1 is 1.08 bits per heavy atom. The highest BCUT2D eigenvalue weighted by molar-refractivity contribution is 5.74. The minimum absolute atomic E-state index is 0.137. The Labute approximate surface area is 142 Å². The minimum atomic E-state index is -0.843. The first-order valence-electron chi connectivity index (χ1n) is 7.86. The number of carbonyl (C=O) groups excluding carboxylic acids is 1. The third-order valence-corrected chi connectivity index (χ3v) is 5.15. The molecule has 2 N–H and O–H groups in total. The number of rotatable bonds is 4. The van der Waals surface area contributed by atoms with Crippen LogP contribution in [0.15, 0.2) is 24.3 Å². The van der Waals surface area contributed by atoms with Gasteiger partial charge in [-0.05, 0) is 46.8 Å². The monoisotopic (exact) mass is 337 g/mol. The van der Waals surface area contributed by atoms with Crippen molar-refractivity contribution >= 4 is 5.97 Å². The van der Waals surface area contributed by atoms with Crippen LogP contribution < -0.4 is 14.9 Å². The summed E-state index contributed by atoms with van der Waals surface area (Å²) in [5.74, 6) is -0.208. The van der Waals surface area contributed by atoms with E-state index in [4.69, 9.17) is 4.74 Å². The number of benzene rings is 1. The molecule has 1 heterocycles. The van der Waals surface area contributed by atoms with Gasteiger partial charge >= 0.3 is 12.1 Å². The van der Waals surface area contributed by atoms with Crippen molar-refractivity contribution in [1.29, 1.82) is 0 Å². The maximum atomic E-state index is 12.9. The van der Waals surface area contributed by atoms with Crippen LogP contribution in [0.2, 0.25) is 0 Å². The number of para-hydroxylation sites is 1. The molecular weight excluding hydrogens is 312 g/mol. The average molecular weight is 337 g/mol. The van der Waals surface area contributed by atoms with Crippen molar-refractivity contribution in [2.75, 3.05) is 7.11 Å². The van der Waals surface area contributed by atoms with Gasteiger partial charge in [0.05, 0.1) is 7.11 Å². The normalized spacial score (nSPS) is 26.8. The van der Waals surface area contributed by atoms with Crippen LogP contribution in [0.1, 0.15) is 40.2 Å². The van der Waals surface area contributed by atoms with E-state index < -0.39 is 23.2 Å². The molecule has 1 fully saturated rings. The summed E-state index contributed by atoms with van der Waals surface area (Å²) in [6.45, 7) is 8.67. The van der Waals surface area contributed by atoms with Crippen molar-refractivity contribution in [2.24, 2.45) is 0 Å². The number of esters is 1. The molecule has 24 heavy (non-hydrogen) atoms. The zero-order valence-corrected chi connectivity index (χ0v) is 14.9. The first kappa shape index (κ1) is 18.7. The molecule has 0 spiro atoms. The number of hydrogen-bond donors (Lipinski definition) is 2. The van der Waals surface area contributed by atoms with Gasteiger partial charge in [-0.15, -0.1) is 0 Å². The number of quaternary nitrogens is 2. The largest absolute Gasteiger partial charge is 0.629 e. The third kappa shape index (κ3) is 2.77. The molecule has 2 unspecified atom stereocenters. The van der Waals surface area contributed by atoms with E-state index in [1.54, 1.807) is 58.9 Å². The van der Waals surface area contributed by atoms with E-state index in [1.165, 1.54) is 7.11 Å². The SMILES string of the molecule is COC(=O)[C@@H](C)Oc1ccccc1[C]1[NH+]([O-])C(C)(C)C(C)(C)[NH+]1[O-]. The van der Waals surface area contributed by atoms with Crippen LogP contribution >= 0.6 is 0 Å². The Morgan fingerprint density at radius 2 is 1.58 bits per heavy atom. The van der Waals surface area contributed by atoms with E-state index in [0.717, 1.165) is 0 Å². The van der Waals surface area contributed by atoms with E-state index >= 15 is 0 Å². The molecule has 1 aliphatic rings. The fraction of sp³-hybridized carbons (Fsp3) is 0.529. The van der Waals surface area contributed by atoms with Gasteiger partial charge in [-0.2, -0.15) is 0 Å². The lowest BCUT2D eigenvalue weighted by Crippen LogP contribution is -3.22. The highest BCUT2D eigenvalue weighted by atomic mass is 16.6. The summed E-state index contributed by atoms with van der Waals surface area (Å²) in [6.07, 6.45) is -0.706. The van der Waals surface area contributed by atoms with E-state index in [-0.39, 0.29) is 16.3 Å². The van der Waals surface area contributed by atoms with Crippen LogP contribution in [0.5, 0.6) is 5.75 Å². The molecule has 1 radical (unpaired) electrons. The molecule has 7 heteroatoms. The number of ether oxygens (including phenoxy) is 2. The van der Waals surface area contributed by atoms with E-state index in [1.807, 2.05) is 0 Å². The molecule has 133 valence electrons. The van der Waals surface area contributed by atoms with Crippen molar-refractivity contribution in [3.63, 3.8) is 0 Å². The third-order valence-electron chi connectivity index (χ3n) is 5.15. The number of carbonyl (C=O) groups is 1. The van der Waals surface area contributed by atoms with Crippen LogP contribution in [0.3, 0.4) is 0 Å². The minimum Gasteiger partial charge on any atom is -0.629 e. The molecule has 3 atom stereocenters. The van der Waals surface area contributed by atoms with Crippen molar-refractivity contribution in [2.45, 2.75) is 51.8 Å². The molecule has 0 amide bonds. The van der Waals surface area contributed by atoms with Gasteiger partial charge in [-0.25, -0.2) is 4.79 Å². The number of hydrogen-bond acceptors (Lipinski definition) is 5. The molecule has 7 nitrogen and oxygen atoms in total. The molecular formula is C17H25N2O5. The van der Waals surface area contributed by atoms with Gasteiger partial charge in [0.2, 0.25) is 0 Å². The lowest BCUT2D eigenvalue weighted by Gasteiger charge is -2.36. The molecule has 0 aromatic heterocycles. The lowest BCUT2D eigenvalue weighted by molar-refractivity contribution is -0.974. The van der Waals surface area contributed by atoms with Gasteiger partial charge in [0.1, 0.15) is 11.3 Å². The quantitative estimate of drug-likeness (QED) is 0.587. The molecule has 1 saturated heterocycles. The van der Waals surface area contributed by atoms with Gasteiger partial charge in [0.15, 0.2) is 17.2 Å². The van der Waals surface area contributed by atoms with E-state index in [2.05, 4.69) is 4.74 Å². The Morgan fingerprint density at radius 3 is 2.08 bits per heavy atom. The Bertz CT molecular complexity index is 597. The summed E-state index contributed by atoms with van der Waals surface area (Å²) in [7, 11) is 1.28. The van der Waals surface area contributed by atoms with Gasteiger partial charge in [0.25, 0.3) is 0 Å². The maximum Gasteiger partial charge on any atom is 0.368 e. The fourth-order valence-electron chi connectivity index (χ4n) is 2.72. The van der Waals surface area contributed by atoms with Crippen molar-refractivity contribution in [3.05, 3.63) is 46.4 Å². The Kier molecular flexibility index (Phi) is 4.92. The second-order valence-corrected chi connectivity index (χ2v) is 7.06. The second kappa shape index (κ2) is 6.33. The highest BCUT2D eigenvalue weighted by Gasteiger charge is 2.62. The van der Waals surface area contributed by atoms with Crippen molar-refractivity contribution in [1.82, 2.24) is 0 Å². The summed E-state index contributed by atoms with van der Waals surface area (Å²) < 4.78 is 10.3. The zero-order valence-electron chi connectivity index (χ0n) is 14.9. The van der Waals surface area contributed by atoms with Crippen molar-refractivity contribution in [3.8, 4) is 5.75 Å². The second-order valence-electron chi connectivity index (χ2n) is 7.06. The van der Waals surface area contributed by atoms with Crippen LogP contribution in [0.4, 0.5) is 0 Å². The van der Waals surface area contributed by atoms with Crippen LogP contribution in [0, 0.1) is 16.6 Å². The molecule has 2 rings (SSSR count). The highest BCUT2D eigenvalue weighted by Crippen LogP contribution is 2.28. The topological polar surface area (TPSA) is 90.5 Å². The summed E-state index contributed by atoms with van der Waals surface area (Å²) in [6, 6.07) is 6.77. The summed E-state index contributed by atoms with van der Waals surface area (Å²) in [4.78, 5) is 11.6. The first-order chi connectivity index (χ1) is 11.1. The fourth-order valence-corrected chi connectivity index (χ4v) is 2.72. The maximum absolute atomic E-state index is 12.9. The predicted molar refractivity (Wildman–Crippen MR) is 87.7 cm³/mol. The predicted octanol–water partition coefficient (Wildman–Crippen LogP) is -0.199. The average Bonchev–Trinajstić information content (AvgIpc) is 2.65. The molecule has 1 aromatic rings. The first-order valence-corrected chi connectivity index (χ1v) is 7.86. The smallest absolute Gasteiger partial charge is 0.368 e. The van der Waals surface area contributed by atoms with E-state index in [0.29, 0.717) is 11.3 Å². The summed E-state index contributed by atoms with van der Waals surface area (Å²) in [5.41, 5.74) is -1.19. The zero-order chi connectivity index (χ0) is 18.3. The van der Waals surface area contributed by atoms with Gasteiger partial charge < -0.3 is 19.9 Å².